The second-order valence-electron chi connectivity index (χ2n) is 3.74. The highest BCUT2D eigenvalue weighted by Gasteiger charge is 2.16. The lowest BCUT2D eigenvalue weighted by Crippen LogP contribution is -2.08. The number of carbonyl (C=O) groups excluding carboxylic acids is 1. The molecule has 2 rings (SSSR count). The third kappa shape index (κ3) is 1.75. The van der Waals surface area contributed by atoms with Crippen molar-refractivity contribution in [3.63, 3.8) is 0 Å². The molecular weight excluding hydrogens is 263 g/mol. The Labute approximate surface area is 107 Å². The summed E-state index contributed by atoms with van der Waals surface area (Å²) in [7, 11) is 0. The van der Waals surface area contributed by atoms with Gasteiger partial charge in [0.1, 0.15) is 11.1 Å². The summed E-state index contributed by atoms with van der Waals surface area (Å²) in [6.07, 6.45) is 0.390. The van der Waals surface area contributed by atoms with Crippen LogP contribution in [0.4, 0.5) is 0 Å². The molecule has 0 aliphatic heterocycles. The van der Waals surface area contributed by atoms with E-state index >= 15 is 0 Å². The van der Waals surface area contributed by atoms with Gasteiger partial charge in [-0.15, -0.1) is 0 Å². The van der Waals surface area contributed by atoms with Crippen LogP contribution in [-0.2, 0) is 0 Å². The molecule has 0 fully saturated rings. The molecule has 0 amide bonds. The molecule has 0 saturated carbocycles. The van der Waals surface area contributed by atoms with Crippen LogP contribution in [0.1, 0.15) is 21.5 Å². The minimum absolute atomic E-state index is 0.0886. The van der Waals surface area contributed by atoms with E-state index in [1.165, 1.54) is 0 Å². The van der Waals surface area contributed by atoms with Crippen LogP contribution in [0.25, 0.3) is 11.0 Å². The molecule has 0 atom stereocenters. The van der Waals surface area contributed by atoms with Crippen molar-refractivity contribution in [1.29, 1.82) is 0 Å². The fraction of sp³-hybridized carbons (Fsp3) is 0.167. The zero-order valence-electron chi connectivity index (χ0n) is 9.14. The van der Waals surface area contributed by atoms with Crippen LogP contribution in [0, 0.1) is 13.8 Å². The van der Waals surface area contributed by atoms with Crippen molar-refractivity contribution >= 4 is 40.5 Å². The monoisotopic (exact) mass is 270 g/mol. The second-order valence-corrected chi connectivity index (χ2v) is 4.50. The van der Waals surface area contributed by atoms with Gasteiger partial charge >= 0.3 is 5.63 Å². The third-order valence-corrected chi connectivity index (χ3v) is 3.61. The van der Waals surface area contributed by atoms with Crippen LogP contribution in [0.15, 0.2) is 15.3 Å². The number of halogens is 2. The summed E-state index contributed by atoms with van der Waals surface area (Å²) in [5.41, 5.74) is 0.902. The molecule has 0 N–H and O–H groups in total. The molecule has 1 heterocycles. The molecule has 5 heteroatoms. The first kappa shape index (κ1) is 12.1. The molecule has 0 aliphatic rings. The Morgan fingerprint density at radius 2 is 1.88 bits per heavy atom. The molecule has 1 aromatic heterocycles. The van der Waals surface area contributed by atoms with E-state index in [9.17, 15) is 9.59 Å². The minimum atomic E-state index is -0.737. The van der Waals surface area contributed by atoms with Gasteiger partial charge in [-0.2, -0.15) is 0 Å². The van der Waals surface area contributed by atoms with Crippen LogP contribution in [0.2, 0.25) is 10.0 Å². The Morgan fingerprint density at radius 3 is 2.47 bits per heavy atom. The maximum atomic E-state index is 11.5. The summed E-state index contributed by atoms with van der Waals surface area (Å²) in [5, 5.41) is 1.14. The Balaban J connectivity index is 3.09. The van der Waals surface area contributed by atoms with Gasteiger partial charge in [0.05, 0.1) is 5.02 Å². The lowest BCUT2D eigenvalue weighted by atomic mass is 10.1. The van der Waals surface area contributed by atoms with Crippen molar-refractivity contribution in [3.05, 3.63) is 43.2 Å². The number of hydrogen-bond donors (Lipinski definition) is 0. The van der Waals surface area contributed by atoms with Crippen molar-refractivity contribution in [3.8, 4) is 0 Å². The van der Waals surface area contributed by atoms with E-state index in [4.69, 9.17) is 27.6 Å². The van der Waals surface area contributed by atoms with Gasteiger partial charge in [-0.05, 0) is 31.0 Å². The maximum Gasteiger partial charge on any atom is 0.348 e. The lowest BCUT2D eigenvalue weighted by Gasteiger charge is -2.08. The Hall–Kier alpha value is -1.32. The quantitative estimate of drug-likeness (QED) is 0.588. The average Bonchev–Trinajstić information content (AvgIpc) is 2.26. The maximum absolute atomic E-state index is 11.5. The molecule has 1 aromatic carbocycles. The predicted molar refractivity (Wildman–Crippen MR) is 67.4 cm³/mol. The van der Waals surface area contributed by atoms with E-state index in [1.54, 1.807) is 19.9 Å². The number of benzene rings is 1. The smallest absolute Gasteiger partial charge is 0.348 e. The molecule has 2 aromatic rings. The van der Waals surface area contributed by atoms with Gasteiger partial charge in [-0.3, -0.25) is 4.79 Å². The number of carbonyl (C=O) groups is 1. The van der Waals surface area contributed by atoms with Gasteiger partial charge in [0.25, 0.3) is 0 Å². The van der Waals surface area contributed by atoms with Crippen LogP contribution < -0.4 is 5.63 Å². The number of fused-ring (bicyclic) bond motifs is 1. The predicted octanol–water partition coefficient (Wildman–Crippen LogP) is 3.53. The molecule has 0 unspecified atom stereocenters. The standard InChI is InChI=1S/C12H8Cl2O3/c1-5-3-8-9(6(2)10(5)13)11(14)7(4-15)12(16)17-8/h3-4H,1-2H3. The van der Waals surface area contributed by atoms with Crippen molar-refractivity contribution in [1.82, 2.24) is 0 Å². The van der Waals surface area contributed by atoms with Gasteiger partial charge in [-0.1, -0.05) is 23.2 Å². The Kier molecular flexibility index (Phi) is 2.98. The van der Waals surface area contributed by atoms with Crippen LogP contribution >= 0.6 is 23.2 Å². The molecule has 88 valence electrons. The molecule has 3 nitrogen and oxygen atoms in total. The fourth-order valence-electron chi connectivity index (χ4n) is 1.75. The summed E-state index contributed by atoms with van der Waals surface area (Å²) >= 11 is 12.1. The summed E-state index contributed by atoms with van der Waals surface area (Å²) in [5.74, 6) is 0. The van der Waals surface area contributed by atoms with Gasteiger partial charge in [0, 0.05) is 10.4 Å². The minimum Gasteiger partial charge on any atom is -0.422 e. The zero-order valence-corrected chi connectivity index (χ0v) is 10.6. The molecule has 0 saturated heterocycles. The molecule has 0 spiro atoms. The van der Waals surface area contributed by atoms with E-state index in [-0.39, 0.29) is 10.6 Å². The fourth-order valence-corrected chi connectivity index (χ4v) is 2.26. The van der Waals surface area contributed by atoms with E-state index in [2.05, 4.69) is 0 Å². The van der Waals surface area contributed by atoms with Gasteiger partial charge < -0.3 is 4.42 Å². The summed E-state index contributed by atoms with van der Waals surface area (Å²) in [4.78, 5) is 22.3. The lowest BCUT2D eigenvalue weighted by molar-refractivity contribution is 0.112. The average molecular weight is 271 g/mol. The SMILES string of the molecule is Cc1cc2oc(=O)c(C=O)c(Cl)c2c(C)c1Cl. The zero-order chi connectivity index (χ0) is 12.7. The van der Waals surface area contributed by atoms with Gasteiger partial charge in [-0.25, -0.2) is 4.79 Å². The normalized spacial score (nSPS) is 10.8. The molecular formula is C12H8Cl2O3. The molecule has 17 heavy (non-hydrogen) atoms. The highest BCUT2D eigenvalue weighted by Crippen LogP contribution is 2.33. The van der Waals surface area contributed by atoms with Crippen molar-refractivity contribution in [2.24, 2.45) is 0 Å². The Bertz CT molecular complexity index is 686. The topological polar surface area (TPSA) is 47.3 Å². The van der Waals surface area contributed by atoms with E-state index < -0.39 is 5.63 Å². The first-order valence-electron chi connectivity index (χ1n) is 4.84. The van der Waals surface area contributed by atoms with Crippen molar-refractivity contribution in [2.75, 3.05) is 0 Å². The van der Waals surface area contributed by atoms with E-state index in [0.717, 1.165) is 5.56 Å². The summed E-state index contributed by atoms with van der Waals surface area (Å²) < 4.78 is 5.05. The molecule has 0 radical (unpaired) electrons. The number of hydrogen-bond acceptors (Lipinski definition) is 3. The number of rotatable bonds is 1. The van der Waals surface area contributed by atoms with Crippen LogP contribution in [0.5, 0.6) is 0 Å². The highest BCUT2D eigenvalue weighted by molar-refractivity contribution is 6.39. The summed E-state index contributed by atoms with van der Waals surface area (Å²) in [6, 6.07) is 1.63. The van der Waals surface area contributed by atoms with Crippen LogP contribution in [0.3, 0.4) is 0 Å². The highest BCUT2D eigenvalue weighted by atomic mass is 35.5. The van der Waals surface area contributed by atoms with Crippen molar-refractivity contribution in [2.45, 2.75) is 13.8 Å². The first-order valence-corrected chi connectivity index (χ1v) is 5.60. The van der Waals surface area contributed by atoms with Gasteiger partial charge in [0.2, 0.25) is 0 Å². The third-order valence-electron chi connectivity index (χ3n) is 2.64. The first-order chi connectivity index (χ1) is 7.97. The molecule has 0 bridgehead atoms. The second kappa shape index (κ2) is 4.17. The van der Waals surface area contributed by atoms with Crippen molar-refractivity contribution < 1.29 is 9.21 Å². The largest absolute Gasteiger partial charge is 0.422 e. The Morgan fingerprint density at radius 1 is 1.24 bits per heavy atom. The molecule has 0 aliphatic carbocycles. The number of aryl methyl sites for hydroxylation is 2. The van der Waals surface area contributed by atoms with E-state index in [0.29, 0.717) is 27.8 Å². The summed E-state index contributed by atoms with van der Waals surface area (Å²) in [6.45, 7) is 3.56. The number of aldehydes is 1. The van der Waals surface area contributed by atoms with Crippen LogP contribution in [-0.4, -0.2) is 6.29 Å². The van der Waals surface area contributed by atoms with Gasteiger partial charge in [0.15, 0.2) is 6.29 Å². The van der Waals surface area contributed by atoms with E-state index in [1.807, 2.05) is 0 Å².